The molecule has 0 radical (unpaired) electrons. The smallest absolute Gasteiger partial charge is 0.338 e. The molecule has 0 bridgehead atoms. The zero-order valence-electron chi connectivity index (χ0n) is 14.8. The molecule has 6 nitrogen and oxygen atoms in total. The summed E-state index contributed by atoms with van der Waals surface area (Å²) in [6.45, 7) is -0.435. The van der Waals surface area contributed by atoms with Crippen molar-refractivity contribution < 1.29 is 14.3 Å². The van der Waals surface area contributed by atoms with Crippen molar-refractivity contribution in [2.24, 2.45) is 0 Å². The molecule has 1 N–H and O–H groups in total. The third-order valence-electron chi connectivity index (χ3n) is 3.59. The van der Waals surface area contributed by atoms with Crippen molar-refractivity contribution in [2.45, 2.75) is 4.34 Å². The van der Waals surface area contributed by atoms with Crippen molar-refractivity contribution in [1.82, 2.24) is 9.78 Å². The second-order valence-electron chi connectivity index (χ2n) is 5.55. The van der Waals surface area contributed by atoms with E-state index in [9.17, 15) is 9.59 Å². The van der Waals surface area contributed by atoms with Gasteiger partial charge in [0, 0.05) is 5.69 Å². The van der Waals surface area contributed by atoms with Gasteiger partial charge in [-0.15, -0.1) is 5.10 Å². The quantitative estimate of drug-likeness (QED) is 0.282. The number of amides is 1. The van der Waals surface area contributed by atoms with E-state index in [0.717, 1.165) is 10.0 Å². The van der Waals surface area contributed by atoms with E-state index in [-0.39, 0.29) is 0 Å². The number of anilines is 1. The van der Waals surface area contributed by atoms with Crippen LogP contribution in [-0.2, 0) is 9.53 Å². The van der Waals surface area contributed by atoms with Crippen LogP contribution in [0.25, 0.3) is 5.69 Å². The number of carbonyl (C=O) groups is 2. The summed E-state index contributed by atoms with van der Waals surface area (Å²) in [5, 5.41) is 7.66. The molecule has 0 unspecified atom stereocenters. The van der Waals surface area contributed by atoms with Crippen LogP contribution in [0.15, 0.2) is 46.8 Å². The number of carbonyl (C=O) groups excluding carboxylic acids is 2. The summed E-state index contributed by atoms with van der Waals surface area (Å²) in [7, 11) is 0. The second-order valence-corrected chi connectivity index (χ2v) is 9.04. The van der Waals surface area contributed by atoms with Gasteiger partial charge in [-0.25, -0.2) is 9.48 Å². The Bertz CT molecular complexity index is 1110. The van der Waals surface area contributed by atoms with Crippen LogP contribution in [0, 0.1) is 3.95 Å². The van der Waals surface area contributed by atoms with Crippen molar-refractivity contribution in [3.05, 3.63) is 62.0 Å². The molecule has 1 amide bonds. The minimum atomic E-state index is -0.618. The van der Waals surface area contributed by atoms with E-state index >= 15 is 0 Å². The van der Waals surface area contributed by atoms with Gasteiger partial charge in [-0.2, -0.15) is 0 Å². The van der Waals surface area contributed by atoms with Crippen molar-refractivity contribution in [3.8, 4) is 5.69 Å². The summed E-state index contributed by atoms with van der Waals surface area (Å²) in [6.07, 6.45) is 1.93. The van der Waals surface area contributed by atoms with Crippen molar-refractivity contribution in [2.75, 3.05) is 18.2 Å². The summed E-state index contributed by atoms with van der Waals surface area (Å²) in [5.41, 5.74) is 1.50. The molecule has 11 heteroatoms. The van der Waals surface area contributed by atoms with Crippen LogP contribution in [0.5, 0.6) is 0 Å². The number of rotatable bonds is 6. The Kier molecular flexibility index (Phi) is 7.31. The Morgan fingerprint density at radius 1 is 1.21 bits per heavy atom. The number of thioether (sulfide) groups is 1. The molecule has 0 spiro atoms. The maximum absolute atomic E-state index is 12.2. The van der Waals surface area contributed by atoms with Gasteiger partial charge < -0.3 is 10.1 Å². The third-order valence-corrected chi connectivity index (χ3v) is 6.54. The maximum Gasteiger partial charge on any atom is 0.338 e. The molecular formula is C18H13Cl2N3O3S3. The maximum atomic E-state index is 12.2. The molecule has 0 saturated heterocycles. The zero-order chi connectivity index (χ0) is 21.0. The third kappa shape index (κ3) is 5.58. The molecule has 29 heavy (non-hydrogen) atoms. The van der Waals surface area contributed by atoms with Gasteiger partial charge in [-0.3, -0.25) is 4.79 Å². The zero-order valence-corrected chi connectivity index (χ0v) is 18.8. The first-order valence-electron chi connectivity index (χ1n) is 8.04. The van der Waals surface area contributed by atoms with Crippen molar-refractivity contribution in [3.63, 3.8) is 0 Å². The first kappa shape index (κ1) is 21.8. The number of nitrogens with zero attached hydrogens (tertiary/aromatic N) is 2. The van der Waals surface area contributed by atoms with Gasteiger partial charge in [-0.1, -0.05) is 46.3 Å². The monoisotopic (exact) mass is 485 g/mol. The molecule has 0 aliphatic rings. The summed E-state index contributed by atoms with van der Waals surface area (Å²) >= 11 is 20.0. The van der Waals surface area contributed by atoms with Crippen LogP contribution in [0.2, 0.25) is 10.0 Å². The summed E-state index contributed by atoms with van der Waals surface area (Å²) < 4.78 is 8.15. The SMILES string of the molecule is CSc1nn(-c2ccc(C(=O)OCC(=O)Nc3ccc(Cl)c(Cl)c3)cc2)c(=S)s1. The van der Waals surface area contributed by atoms with Crippen molar-refractivity contribution in [1.29, 1.82) is 0 Å². The number of halogens is 2. The van der Waals surface area contributed by atoms with E-state index in [1.165, 1.54) is 29.2 Å². The molecule has 1 heterocycles. The molecule has 0 aliphatic heterocycles. The van der Waals surface area contributed by atoms with Crippen LogP contribution in [-0.4, -0.2) is 34.5 Å². The number of hydrogen-bond acceptors (Lipinski definition) is 7. The molecule has 1 aromatic heterocycles. The number of hydrogen-bond donors (Lipinski definition) is 1. The lowest BCUT2D eigenvalue weighted by atomic mass is 10.2. The Labute approximate surface area is 189 Å². The first-order chi connectivity index (χ1) is 13.9. The number of esters is 1. The van der Waals surface area contributed by atoms with Crippen LogP contribution in [0.4, 0.5) is 5.69 Å². The van der Waals surface area contributed by atoms with Crippen LogP contribution >= 0.6 is 58.5 Å². The lowest BCUT2D eigenvalue weighted by Gasteiger charge is -2.08. The minimum Gasteiger partial charge on any atom is -0.452 e. The highest BCUT2D eigenvalue weighted by Crippen LogP contribution is 2.25. The molecular weight excluding hydrogens is 473 g/mol. The Hall–Kier alpha value is -1.91. The molecule has 3 aromatic rings. The van der Waals surface area contributed by atoms with E-state index < -0.39 is 18.5 Å². The highest BCUT2D eigenvalue weighted by Gasteiger charge is 2.12. The van der Waals surface area contributed by atoms with E-state index in [1.54, 1.807) is 41.1 Å². The molecule has 0 aliphatic carbocycles. The van der Waals surface area contributed by atoms with Gasteiger partial charge >= 0.3 is 5.97 Å². The van der Waals surface area contributed by atoms with Gasteiger partial charge in [0.25, 0.3) is 5.91 Å². The van der Waals surface area contributed by atoms with Gasteiger partial charge in [-0.05, 0) is 60.9 Å². The fourth-order valence-electron chi connectivity index (χ4n) is 2.23. The van der Waals surface area contributed by atoms with Crippen LogP contribution in [0.1, 0.15) is 10.4 Å². The average molecular weight is 486 g/mol. The summed E-state index contributed by atoms with van der Waals surface area (Å²) in [6, 6.07) is 11.3. The standard InChI is InChI=1S/C18H13Cl2N3O3S3/c1-28-17-22-23(18(27)29-17)12-5-2-10(3-6-12)16(25)26-9-15(24)21-11-4-7-13(19)14(20)8-11/h2-8H,9H2,1H3,(H,21,24). The Morgan fingerprint density at radius 2 is 1.93 bits per heavy atom. The lowest BCUT2D eigenvalue weighted by molar-refractivity contribution is -0.119. The fraction of sp³-hybridized carbons (Fsp3) is 0.111. The average Bonchev–Trinajstić information content (AvgIpc) is 3.10. The number of benzene rings is 2. The number of aromatic nitrogens is 2. The lowest BCUT2D eigenvalue weighted by Crippen LogP contribution is -2.20. The van der Waals surface area contributed by atoms with Gasteiger partial charge in [0.2, 0.25) is 0 Å². The Morgan fingerprint density at radius 3 is 2.55 bits per heavy atom. The van der Waals surface area contributed by atoms with Crippen LogP contribution < -0.4 is 5.32 Å². The molecule has 2 aromatic carbocycles. The van der Waals surface area contributed by atoms with Gasteiger partial charge in [0.15, 0.2) is 14.9 Å². The van der Waals surface area contributed by atoms with Crippen molar-refractivity contribution >= 4 is 76.1 Å². The highest BCUT2D eigenvalue weighted by atomic mass is 35.5. The highest BCUT2D eigenvalue weighted by molar-refractivity contribution is 8.00. The first-order valence-corrected chi connectivity index (χ1v) is 11.2. The fourth-order valence-corrected chi connectivity index (χ4v) is 4.31. The molecule has 0 saturated carbocycles. The summed E-state index contributed by atoms with van der Waals surface area (Å²) in [4.78, 5) is 24.1. The predicted octanol–water partition coefficient (Wildman–Crippen LogP) is 5.49. The van der Waals surface area contributed by atoms with E-state index in [0.29, 0.717) is 25.3 Å². The number of ether oxygens (including phenoxy) is 1. The van der Waals surface area contributed by atoms with Crippen LogP contribution in [0.3, 0.4) is 0 Å². The molecule has 0 atom stereocenters. The molecule has 150 valence electrons. The topological polar surface area (TPSA) is 73.2 Å². The summed E-state index contributed by atoms with van der Waals surface area (Å²) in [5.74, 6) is -1.11. The normalized spacial score (nSPS) is 10.6. The largest absolute Gasteiger partial charge is 0.452 e. The number of nitrogens with one attached hydrogen (secondary N) is 1. The van der Waals surface area contributed by atoms with Gasteiger partial charge in [0.05, 0.1) is 21.3 Å². The van der Waals surface area contributed by atoms with E-state index in [4.69, 9.17) is 40.2 Å². The minimum absolute atomic E-state index is 0.308. The van der Waals surface area contributed by atoms with Gasteiger partial charge in [0.1, 0.15) is 0 Å². The Balaban J connectivity index is 1.59. The predicted molar refractivity (Wildman–Crippen MR) is 119 cm³/mol. The molecule has 0 fully saturated rings. The molecule has 3 rings (SSSR count). The second kappa shape index (κ2) is 9.73. The van der Waals surface area contributed by atoms with E-state index in [1.807, 2.05) is 6.26 Å². The van der Waals surface area contributed by atoms with E-state index in [2.05, 4.69) is 10.4 Å².